The molecule has 0 spiro atoms. The van der Waals surface area contributed by atoms with Crippen molar-refractivity contribution < 1.29 is 0 Å². The van der Waals surface area contributed by atoms with Crippen LogP contribution in [-0.4, -0.2) is 4.75 Å². The molecule has 0 radical (unpaired) electrons. The average Bonchev–Trinajstić information content (AvgIpc) is 2.52. The van der Waals surface area contributed by atoms with Crippen molar-refractivity contribution >= 4 is 12.6 Å². The average molecular weight is 373 g/mol. The van der Waals surface area contributed by atoms with E-state index in [2.05, 4.69) is 54.2 Å². The van der Waals surface area contributed by atoms with Crippen LogP contribution in [0.1, 0.15) is 144 Å². The SMILES string of the molecule is CCCCCCCCCC(C)(C)S.CCCCCCCCCC(C)C. The van der Waals surface area contributed by atoms with E-state index in [4.69, 9.17) is 0 Å². The maximum absolute atomic E-state index is 4.51. The molecule has 0 N–H and O–H groups in total. The van der Waals surface area contributed by atoms with E-state index < -0.39 is 0 Å². The molecule has 0 aliphatic carbocycles. The summed E-state index contributed by atoms with van der Waals surface area (Å²) in [6.45, 7) is 13.6. The lowest BCUT2D eigenvalue weighted by Crippen LogP contribution is -2.09. The molecule has 0 unspecified atom stereocenters. The van der Waals surface area contributed by atoms with Gasteiger partial charge >= 0.3 is 0 Å². The van der Waals surface area contributed by atoms with Crippen molar-refractivity contribution in [3.8, 4) is 0 Å². The van der Waals surface area contributed by atoms with Gasteiger partial charge in [-0.15, -0.1) is 0 Å². The molecule has 0 aromatic carbocycles. The maximum Gasteiger partial charge on any atom is 0.00731 e. The van der Waals surface area contributed by atoms with E-state index in [1.54, 1.807) is 0 Å². The minimum Gasteiger partial charge on any atom is -0.173 e. The van der Waals surface area contributed by atoms with Gasteiger partial charge in [0.15, 0.2) is 0 Å². The first-order valence-electron chi connectivity index (χ1n) is 11.6. The lowest BCUT2D eigenvalue weighted by atomic mass is 10.0. The zero-order valence-corrected chi connectivity index (χ0v) is 19.7. The van der Waals surface area contributed by atoms with Crippen LogP contribution >= 0.6 is 12.6 Å². The Bertz CT molecular complexity index is 227. The fourth-order valence-electron chi connectivity index (χ4n) is 3.02. The zero-order chi connectivity index (χ0) is 19.4. The summed E-state index contributed by atoms with van der Waals surface area (Å²) in [6.07, 6.45) is 22.6. The van der Waals surface area contributed by atoms with Crippen molar-refractivity contribution in [3.05, 3.63) is 0 Å². The van der Waals surface area contributed by atoms with Gasteiger partial charge in [0.25, 0.3) is 0 Å². The normalized spacial score (nSPS) is 11.5. The van der Waals surface area contributed by atoms with Crippen molar-refractivity contribution in [1.29, 1.82) is 0 Å². The van der Waals surface area contributed by atoms with Gasteiger partial charge in [-0.25, -0.2) is 0 Å². The van der Waals surface area contributed by atoms with Crippen molar-refractivity contribution in [2.24, 2.45) is 5.92 Å². The van der Waals surface area contributed by atoms with Crippen molar-refractivity contribution in [2.75, 3.05) is 0 Å². The highest BCUT2D eigenvalue weighted by Gasteiger charge is 2.09. The Kier molecular flexibility index (Phi) is 22.8. The summed E-state index contributed by atoms with van der Waals surface area (Å²) >= 11 is 4.51. The smallest absolute Gasteiger partial charge is 0.00731 e. The molecule has 0 bridgehead atoms. The fraction of sp³-hybridized carbons (Fsp3) is 1.00. The molecule has 0 heterocycles. The lowest BCUT2D eigenvalue weighted by molar-refractivity contribution is 0.511. The van der Waals surface area contributed by atoms with Crippen LogP contribution in [0.5, 0.6) is 0 Å². The van der Waals surface area contributed by atoms with Crippen LogP contribution in [0.2, 0.25) is 0 Å². The fourth-order valence-corrected chi connectivity index (χ4v) is 3.18. The topological polar surface area (TPSA) is 0 Å². The third-order valence-electron chi connectivity index (χ3n) is 4.78. The second-order valence-electron chi connectivity index (χ2n) is 8.99. The Hall–Kier alpha value is 0.350. The monoisotopic (exact) mass is 372 g/mol. The highest BCUT2D eigenvalue weighted by molar-refractivity contribution is 7.81. The summed E-state index contributed by atoms with van der Waals surface area (Å²) in [5.41, 5.74) is 0. The van der Waals surface area contributed by atoms with Gasteiger partial charge < -0.3 is 0 Å². The molecule has 154 valence electrons. The Labute approximate surface area is 167 Å². The number of hydrogen-bond acceptors (Lipinski definition) is 1. The molecule has 0 rings (SSSR count). The van der Waals surface area contributed by atoms with Crippen LogP contribution < -0.4 is 0 Å². The van der Waals surface area contributed by atoms with Crippen LogP contribution in [0.15, 0.2) is 0 Å². The van der Waals surface area contributed by atoms with E-state index in [9.17, 15) is 0 Å². The van der Waals surface area contributed by atoms with Crippen LogP contribution in [0.25, 0.3) is 0 Å². The van der Waals surface area contributed by atoms with Gasteiger partial charge in [0, 0.05) is 4.75 Å². The quantitative estimate of drug-likeness (QED) is 0.202. The van der Waals surface area contributed by atoms with Gasteiger partial charge in [-0.3, -0.25) is 0 Å². The van der Waals surface area contributed by atoms with Gasteiger partial charge in [-0.05, 0) is 12.3 Å². The maximum atomic E-state index is 4.51. The van der Waals surface area contributed by atoms with Gasteiger partial charge in [0.05, 0.1) is 0 Å². The second kappa shape index (κ2) is 20.7. The van der Waals surface area contributed by atoms with Gasteiger partial charge in [0.1, 0.15) is 0 Å². The number of rotatable bonds is 16. The third-order valence-corrected chi connectivity index (χ3v) is 5.00. The molecule has 0 saturated heterocycles. The summed E-state index contributed by atoms with van der Waals surface area (Å²) in [4.78, 5) is 0. The summed E-state index contributed by atoms with van der Waals surface area (Å²) in [5, 5.41) is 0. The third kappa shape index (κ3) is 32.5. The van der Waals surface area contributed by atoms with E-state index in [0.717, 1.165) is 5.92 Å². The molecule has 0 fully saturated rings. The van der Waals surface area contributed by atoms with Gasteiger partial charge in [-0.1, -0.05) is 138 Å². The van der Waals surface area contributed by atoms with Crippen LogP contribution in [-0.2, 0) is 0 Å². The summed E-state index contributed by atoms with van der Waals surface area (Å²) in [6, 6.07) is 0. The predicted octanol–water partition coefficient (Wildman–Crippen LogP) is 9.62. The molecule has 0 aliphatic heterocycles. The van der Waals surface area contributed by atoms with Crippen molar-refractivity contribution in [1.82, 2.24) is 0 Å². The molecule has 0 saturated carbocycles. The molecule has 0 aromatic rings. The molecule has 0 amide bonds. The molecular weight excluding hydrogens is 320 g/mol. The summed E-state index contributed by atoms with van der Waals surface area (Å²) in [7, 11) is 0. The standard InChI is InChI=1S/C12H26S.C12H26/c1-4-5-6-7-8-9-10-11-12(2,3)13;1-4-5-6-7-8-9-10-11-12(2)3/h13H,4-11H2,1-3H3;12H,4-11H2,1-3H3. The largest absolute Gasteiger partial charge is 0.173 e. The first kappa shape index (κ1) is 27.6. The van der Waals surface area contributed by atoms with E-state index >= 15 is 0 Å². The Morgan fingerprint density at radius 3 is 1.32 bits per heavy atom. The van der Waals surface area contributed by atoms with Gasteiger partial charge in [-0.2, -0.15) is 12.6 Å². The molecule has 0 atom stereocenters. The van der Waals surface area contributed by atoms with Gasteiger partial charge in [0.2, 0.25) is 0 Å². The molecular formula is C24H52S. The van der Waals surface area contributed by atoms with E-state index in [-0.39, 0.29) is 4.75 Å². The zero-order valence-electron chi connectivity index (χ0n) is 18.8. The van der Waals surface area contributed by atoms with Crippen LogP contribution in [0.3, 0.4) is 0 Å². The first-order chi connectivity index (χ1) is 11.8. The summed E-state index contributed by atoms with van der Waals surface area (Å²) < 4.78 is 0.240. The second-order valence-corrected chi connectivity index (χ2v) is 10.2. The molecule has 1 heteroatoms. The van der Waals surface area contributed by atoms with E-state index in [1.807, 2.05) is 0 Å². The number of thiol groups is 1. The highest BCUT2D eigenvalue weighted by Crippen LogP contribution is 2.21. The lowest BCUT2D eigenvalue weighted by Gasteiger charge is -2.16. The minimum absolute atomic E-state index is 0.240. The number of unbranched alkanes of at least 4 members (excludes halogenated alkanes) is 12. The van der Waals surface area contributed by atoms with Crippen LogP contribution in [0.4, 0.5) is 0 Å². The number of hydrogen-bond donors (Lipinski definition) is 1. The minimum atomic E-state index is 0.240. The Morgan fingerprint density at radius 2 is 0.960 bits per heavy atom. The van der Waals surface area contributed by atoms with Crippen molar-refractivity contribution in [3.63, 3.8) is 0 Å². The molecule has 0 aromatic heterocycles. The van der Waals surface area contributed by atoms with Crippen molar-refractivity contribution in [2.45, 2.75) is 149 Å². The predicted molar refractivity (Wildman–Crippen MR) is 123 cm³/mol. The highest BCUT2D eigenvalue weighted by atomic mass is 32.1. The van der Waals surface area contributed by atoms with Crippen LogP contribution in [0, 0.1) is 5.92 Å². The molecule has 0 aliphatic rings. The Morgan fingerprint density at radius 1 is 0.600 bits per heavy atom. The Balaban J connectivity index is 0. The molecule has 0 nitrogen and oxygen atoms in total. The molecule has 25 heavy (non-hydrogen) atoms. The summed E-state index contributed by atoms with van der Waals surface area (Å²) in [5.74, 6) is 0.903. The van der Waals surface area contributed by atoms with E-state index in [1.165, 1.54) is 103 Å². The van der Waals surface area contributed by atoms with E-state index in [0.29, 0.717) is 0 Å². The first-order valence-corrected chi connectivity index (χ1v) is 12.0.